The SMILES string of the molecule is CCCCCCCCCOC(=O)N[C@H](C(=O)N[C@@H](Cc1ccccc1)C(=O)N[C@@H](C)C(=O)N[C@@H](CCC(N)=O)C(O)C(F)(F)F)C(C)C. The summed E-state index contributed by atoms with van der Waals surface area (Å²) >= 11 is 0. The lowest BCUT2D eigenvalue weighted by Crippen LogP contribution is -2.59. The van der Waals surface area contributed by atoms with E-state index in [0.717, 1.165) is 25.7 Å². The zero-order valence-electron chi connectivity index (χ0n) is 28.2. The Morgan fingerprint density at radius 1 is 0.833 bits per heavy atom. The molecule has 0 spiro atoms. The average Bonchev–Trinajstić information content (AvgIpc) is 3.01. The maximum atomic E-state index is 13.4. The Bertz CT molecular complexity index is 1150. The second-order valence-corrected chi connectivity index (χ2v) is 12.2. The highest BCUT2D eigenvalue weighted by atomic mass is 19.4. The fourth-order valence-corrected chi connectivity index (χ4v) is 4.77. The molecule has 0 heterocycles. The quantitative estimate of drug-likeness (QED) is 0.101. The van der Waals surface area contributed by atoms with Crippen LogP contribution >= 0.6 is 0 Å². The van der Waals surface area contributed by atoms with Crippen LogP contribution in [0.15, 0.2) is 30.3 Å². The van der Waals surface area contributed by atoms with Gasteiger partial charge in [-0.2, -0.15) is 13.2 Å². The normalized spacial score (nSPS) is 14.6. The lowest BCUT2D eigenvalue weighted by molar-refractivity contribution is -0.212. The van der Waals surface area contributed by atoms with Crippen LogP contribution in [-0.4, -0.2) is 77.9 Å². The molecule has 48 heavy (non-hydrogen) atoms. The number of unbranched alkanes of at least 4 members (excludes halogenated alkanes) is 6. The van der Waals surface area contributed by atoms with E-state index in [1.807, 2.05) is 5.32 Å². The van der Waals surface area contributed by atoms with Crippen LogP contribution in [-0.2, 0) is 30.3 Å². The molecule has 1 aromatic rings. The zero-order valence-corrected chi connectivity index (χ0v) is 28.2. The summed E-state index contributed by atoms with van der Waals surface area (Å²) in [5, 5.41) is 19.3. The highest BCUT2D eigenvalue weighted by Gasteiger charge is 2.44. The number of primary amides is 1. The number of alkyl halides is 3. The third kappa shape index (κ3) is 16.8. The summed E-state index contributed by atoms with van der Waals surface area (Å²) in [6.45, 7) is 6.94. The second-order valence-electron chi connectivity index (χ2n) is 12.2. The van der Waals surface area contributed by atoms with Crippen molar-refractivity contribution >= 4 is 29.7 Å². The van der Waals surface area contributed by atoms with E-state index in [0.29, 0.717) is 12.0 Å². The molecule has 7 N–H and O–H groups in total. The number of aliphatic hydroxyl groups excluding tert-OH is 1. The molecule has 12 nitrogen and oxygen atoms in total. The number of hydrogen-bond donors (Lipinski definition) is 6. The Morgan fingerprint density at radius 2 is 1.44 bits per heavy atom. The molecule has 0 saturated carbocycles. The van der Waals surface area contributed by atoms with Gasteiger partial charge in [0.25, 0.3) is 0 Å². The summed E-state index contributed by atoms with van der Waals surface area (Å²) in [5.41, 5.74) is 5.67. The summed E-state index contributed by atoms with van der Waals surface area (Å²) in [4.78, 5) is 63.2. The van der Waals surface area contributed by atoms with Gasteiger partial charge in [0.1, 0.15) is 18.1 Å². The van der Waals surface area contributed by atoms with Crippen molar-refractivity contribution in [3.63, 3.8) is 0 Å². The van der Waals surface area contributed by atoms with E-state index in [1.165, 1.54) is 19.8 Å². The zero-order chi connectivity index (χ0) is 36.3. The van der Waals surface area contributed by atoms with Gasteiger partial charge in [0, 0.05) is 12.8 Å². The number of halogens is 3. The molecular formula is C33H52F3N5O7. The first-order valence-corrected chi connectivity index (χ1v) is 16.5. The number of hydrogen-bond acceptors (Lipinski definition) is 7. The summed E-state index contributed by atoms with van der Waals surface area (Å²) < 4.78 is 44.9. The molecule has 272 valence electrons. The van der Waals surface area contributed by atoms with Gasteiger partial charge in [-0.15, -0.1) is 0 Å². The van der Waals surface area contributed by atoms with Crippen LogP contribution in [0.3, 0.4) is 0 Å². The van der Waals surface area contributed by atoms with Crippen molar-refractivity contribution in [2.45, 2.75) is 128 Å². The number of aliphatic hydroxyl groups is 1. The maximum Gasteiger partial charge on any atom is 0.416 e. The third-order valence-corrected chi connectivity index (χ3v) is 7.62. The van der Waals surface area contributed by atoms with Gasteiger partial charge in [0.05, 0.1) is 12.6 Å². The van der Waals surface area contributed by atoms with Gasteiger partial charge in [0.15, 0.2) is 6.10 Å². The lowest BCUT2D eigenvalue weighted by atomic mass is 10.0. The predicted octanol–water partition coefficient (Wildman–Crippen LogP) is 3.39. The van der Waals surface area contributed by atoms with E-state index in [9.17, 15) is 42.3 Å². The van der Waals surface area contributed by atoms with Gasteiger partial charge in [-0.3, -0.25) is 19.2 Å². The van der Waals surface area contributed by atoms with Crippen molar-refractivity contribution in [2.24, 2.45) is 11.7 Å². The van der Waals surface area contributed by atoms with Crippen molar-refractivity contribution in [3.8, 4) is 0 Å². The van der Waals surface area contributed by atoms with Crippen molar-refractivity contribution in [1.29, 1.82) is 0 Å². The third-order valence-electron chi connectivity index (χ3n) is 7.62. The number of nitrogens with two attached hydrogens (primary N) is 1. The fourth-order valence-electron chi connectivity index (χ4n) is 4.77. The molecule has 5 atom stereocenters. The summed E-state index contributed by atoms with van der Waals surface area (Å²) in [6, 6.07) is 2.97. The molecule has 1 rings (SSSR count). The fraction of sp³-hybridized carbons (Fsp3) is 0.667. The Kier molecular flexibility index (Phi) is 19.2. The topological polar surface area (TPSA) is 189 Å². The molecule has 0 radical (unpaired) electrons. The molecular weight excluding hydrogens is 635 g/mol. The summed E-state index contributed by atoms with van der Waals surface area (Å²) in [6.07, 6.45) is -2.76. The minimum absolute atomic E-state index is 0.0195. The number of amides is 5. The van der Waals surface area contributed by atoms with Gasteiger partial charge in [0.2, 0.25) is 23.6 Å². The van der Waals surface area contributed by atoms with Crippen LogP contribution in [0.25, 0.3) is 0 Å². The first kappa shape index (κ1) is 42.1. The van der Waals surface area contributed by atoms with Gasteiger partial charge in [-0.25, -0.2) is 4.79 Å². The summed E-state index contributed by atoms with van der Waals surface area (Å²) in [7, 11) is 0. The van der Waals surface area contributed by atoms with Gasteiger partial charge in [-0.1, -0.05) is 89.6 Å². The molecule has 0 fully saturated rings. The molecule has 0 saturated heterocycles. The van der Waals surface area contributed by atoms with Crippen LogP contribution in [0.5, 0.6) is 0 Å². The number of ether oxygens (including phenoxy) is 1. The van der Waals surface area contributed by atoms with Crippen LogP contribution in [0.2, 0.25) is 0 Å². The molecule has 5 amide bonds. The maximum absolute atomic E-state index is 13.4. The monoisotopic (exact) mass is 687 g/mol. The van der Waals surface area contributed by atoms with E-state index in [2.05, 4.69) is 22.9 Å². The van der Waals surface area contributed by atoms with Gasteiger partial charge in [-0.05, 0) is 31.2 Å². The Labute approximate surface area is 280 Å². The Hall–Kier alpha value is -3.88. The minimum atomic E-state index is -5.10. The molecule has 1 unspecified atom stereocenters. The van der Waals surface area contributed by atoms with Crippen LogP contribution in [0.1, 0.15) is 91.0 Å². The minimum Gasteiger partial charge on any atom is -0.450 e. The van der Waals surface area contributed by atoms with Crippen LogP contribution in [0.4, 0.5) is 18.0 Å². The van der Waals surface area contributed by atoms with Crippen molar-refractivity contribution < 1.29 is 47.0 Å². The highest BCUT2D eigenvalue weighted by Crippen LogP contribution is 2.24. The van der Waals surface area contributed by atoms with Gasteiger partial charge < -0.3 is 36.8 Å². The number of benzene rings is 1. The number of rotatable bonds is 22. The van der Waals surface area contributed by atoms with E-state index < -0.39 is 84.9 Å². The van der Waals surface area contributed by atoms with E-state index in [-0.39, 0.29) is 13.0 Å². The Morgan fingerprint density at radius 3 is 2.00 bits per heavy atom. The van der Waals surface area contributed by atoms with E-state index in [4.69, 9.17) is 10.5 Å². The number of nitrogens with one attached hydrogen (secondary N) is 4. The number of carbonyl (C=O) groups is 5. The second kappa shape index (κ2) is 21.9. The number of alkyl carbamates (subject to hydrolysis) is 1. The molecule has 0 aliphatic rings. The first-order chi connectivity index (χ1) is 22.6. The molecule has 0 aliphatic heterocycles. The van der Waals surface area contributed by atoms with Crippen LogP contribution < -0.4 is 27.0 Å². The molecule has 0 aliphatic carbocycles. The summed E-state index contributed by atoms with van der Waals surface area (Å²) in [5.74, 6) is -3.93. The molecule has 1 aromatic carbocycles. The van der Waals surface area contributed by atoms with Crippen LogP contribution in [0, 0.1) is 5.92 Å². The Balaban J connectivity index is 2.94. The molecule has 0 bridgehead atoms. The highest BCUT2D eigenvalue weighted by molar-refractivity contribution is 5.94. The first-order valence-electron chi connectivity index (χ1n) is 16.5. The van der Waals surface area contributed by atoms with Gasteiger partial charge >= 0.3 is 12.3 Å². The molecule has 0 aromatic heterocycles. The van der Waals surface area contributed by atoms with E-state index in [1.54, 1.807) is 44.2 Å². The van der Waals surface area contributed by atoms with Crippen molar-refractivity contribution in [2.75, 3.05) is 6.61 Å². The lowest BCUT2D eigenvalue weighted by Gasteiger charge is -2.28. The standard InChI is InChI=1S/C33H52F3N5O7/c1-5-6-7-8-9-10-14-19-48-32(47)41-27(21(2)3)31(46)40-25(20-23-15-12-11-13-16-23)30(45)38-22(4)29(44)39-24(17-18-26(37)42)28(43)33(34,35)36/h11-13,15-16,21-22,24-25,27-28,43H,5-10,14,17-20H2,1-4H3,(H2,37,42)(H,38,45)(H,39,44)(H,40,46)(H,41,47)/t22-,24-,25-,27-,28?/m0/s1. The van der Waals surface area contributed by atoms with Crippen molar-refractivity contribution in [3.05, 3.63) is 35.9 Å². The average molecular weight is 688 g/mol. The molecule has 15 heteroatoms. The van der Waals surface area contributed by atoms with Crippen molar-refractivity contribution in [1.82, 2.24) is 21.3 Å². The number of carbonyl (C=O) groups excluding carboxylic acids is 5. The predicted molar refractivity (Wildman–Crippen MR) is 173 cm³/mol. The smallest absolute Gasteiger partial charge is 0.416 e. The largest absolute Gasteiger partial charge is 0.450 e. The van der Waals surface area contributed by atoms with E-state index >= 15 is 0 Å².